The van der Waals surface area contributed by atoms with E-state index in [0.717, 1.165) is 0 Å². The van der Waals surface area contributed by atoms with Gasteiger partial charge in [-0.3, -0.25) is 0 Å². The van der Waals surface area contributed by atoms with Crippen LogP contribution in [0, 0.1) is 0 Å². The van der Waals surface area contributed by atoms with Gasteiger partial charge in [-0.05, 0) is 17.9 Å². The maximum absolute atomic E-state index is 10.8. The lowest BCUT2D eigenvalue weighted by molar-refractivity contribution is -0.377. The number of fused-ring (bicyclic) bond motifs is 1. The van der Waals surface area contributed by atoms with Crippen molar-refractivity contribution in [3.8, 4) is 5.75 Å². The van der Waals surface area contributed by atoms with Crippen LogP contribution in [0.15, 0.2) is 24.3 Å². The minimum atomic E-state index is -1.53. The molecule has 4 rings (SSSR count). The first kappa shape index (κ1) is 26.0. The van der Waals surface area contributed by atoms with Gasteiger partial charge in [0, 0.05) is 5.56 Å². The average molecular weight is 505 g/mol. The van der Waals surface area contributed by atoms with Gasteiger partial charge in [0.1, 0.15) is 60.0 Å². The summed E-state index contributed by atoms with van der Waals surface area (Å²) >= 11 is 1.29. The molecule has 3 aliphatic rings. The van der Waals surface area contributed by atoms with Gasteiger partial charge in [0.2, 0.25) is 0 Å². The van der Waals surface area contributed by atoms with Crippen LogP contribution in [0.1, 0.15) is 18.8 Å². The van der Waals surface area contributed by atoms with Gasteiger partial charge in [-0.25, -0.2) is 0 Å². The second kappa shape index (κ2) is 11.4. The van der Waals surface area contributed by atoms with E-state index in [2.05, 4.69) is 0 Å². The quantitative estimate of drug-likeness (QED) is 0.313. The highest BCUT2D eigenvalue weighted by Crippen LogP contribution is 2.37. The van der Waals surface area contributed by atoms with Crippen LogP contribution in [0.3, 0.4) is 0 Å². The highest BCUT2D eigenvalue weighted by Gasteiger charge is 2.52. The Hall–Kier alpha value is -1.03. The second-order valence-electron chi connectivity index (χ2n) is 8.33. The number of ether oxygens (including phenoxy) is 6. The van der Waals surface area contributed by atoms with Crippen molar-refractivity contribution in [3.05, 3.63) is 29.8 Å². The van der Waals surface area contributed by atoms with Crippen molar-refractivity contribution in [1.29, 1.82) is 0 Å². The Labute approximate surface area is 201 Å². The molecular weight excluding hydrogens is 472 g/mol. The van der Waals surface area contributed by atoms with Gasteiger partial charge in [0.05, 0.1) is 20.3 Å². The van der Waals surface area contributed by atoms with E-state index < -0.39 is 73.5 Å². The van der Waals surface area contributed by atoms with Crippen LogP contribution in [0.5, 0.6) is 5.75 Å². The molecule has 1 aromatic carbocycles. The molecule has 192 valence electrons. The minimum absolute atomic E-state index is 0.0516. The van der Waals surface area contributed by atoms with Gasteiger partial charge in [-0.2, -0.15) is 0 Å². The normalized spacial score (nSPS) is 42.7. The molecule has 11 nitrogen and oxygen atoms in total. The minimum Gasteiger partial charge on any atom is -0.497 e. The van der Waals surface area contributed by atoms with E-state index in [1.807, 2.05) is 6.92 Å². The maximum atomic E-state index is 10.8. The monoisotopic (exact) mass is 504 g/mol. The summed E-state index contributed by atoms with van der Waals surface area (Å²) in [6.45, 7) is 1.44. The molecule has 34 heavy (non-hydrogen) atoms. The topological polar surface area (TPSA) is 157 Å². The highest BCUT2D eigenvalue weighted by atomic mass is 32.2. The van der Waals surface area contributed by atoms with Gasteiger partial charge in [0.15, 0.2) is 12.6 Å². The van der Waals surface area contributed by atoms with Crippen molar-refractivity contribution >= 4 is 11.8 Å². The summed E-state index contributed by atoms with van der Waals surface area (Å²) in [4.78, 5) is 0. The first-order chi connectivity index (χ1) is 16.4. The Morgan fingerprint density at radius 2 is 1.71 bits per heavy atom. The van der Waals surface area contributed by atoms with Crippen LogP contribution in [-0.4, -0.2) is 112 Å². The van der Waals surface area contributed by atoms with Gasteiger partial charge in [0.25, 0.3) is 0 Å². The van der Waals surface area contributed by atoms with Crippen molar-refractivity contribution < 1.29 is 54.0 Å². The third-order valence-electron chi connectivity index (χ3n) is 6.16. The third-order valence-corrected chi connectivity index (χ3v) is 7.22. The first-order valence-corrected chi connectivity index (χ1v) is 12.2. The summed E-state index contributed by atoms with van der Waals surface area (Å²) in [5.41, 5.74) is -0.0275. The summed E-state index contributed by atoms with van der Waals surface area (Å²) in [5.74, 6) is 1.31. The van der Waals surface area contributed by atoms with Crippen molar-refractivity contribution in [1.82, 2.24) is 0 Å². The SMILES string of the molecule is CCS[C@@H]1OC(CO)[C@@H](O[C@H]2OC3COC(c4ccc(OC)cc4)O[C@H]3[C@H](O)C2O)[C@H](O)C1O. The van der Waals surface area contributed by atoms with Gasteiger partial charge >= 0.3 is 0 Å². The molecule has 0 aromatic heterocycles. The molecule has 0 aliphatic carbocycles. The Kier molecular flexibility index (Phi) is 8.70. The highest BCUT2D eigenvalue weighted by molar-refractivity contribution is 7.99. The van der Waals surface area contributed by atoms with E-state index in [-0.39, 0.29) is 6.61 Å². The van der Waals surface area contributed by atoms with E-state index in [4.69, 9.17) is 28.4 Å². The molecule has 11 atom stereocenters. The van der Waals surface area contributed by atoms with Crippen LogP contribution in [0.25, 0.3) is 0 Å². The molecule has 0 bridgehead atoms. The predicted molar refractivity (Wildman–Crippen MR) is 118 cm³/mol. The molecule has 3 fully saturated rings. The lowest BCUT2D eigenvalue weighted by Crippen LogP contribution is -2.65. The molecule has 3 saturated heterocycles. The number of hydrogen-bond donors (Lipinski definition) is 5. The van der Waals surface area contributed by atoms with Crippen LogP contribution < -0.4 is 4.74 Å². The summed E-state index contributed by atoms with van der Waals surface area (Å²) in [7, 11) is 1.56. The van der Waals surface area contributed by atoms with Gasteiger partial charge in [-0.1, -0.05) is 19.1 Å². The van der Waals surface area contributed by atoms with Crippen molar-refractivity contribution in [2.24, 2.45) is 0 Å². The Morgan fingerprint density at radius 1 is 0.971 bits per heavy atom. The van der Waals surface area contributed by atoms with Crippen LogP contribution in [0.4, 0.5) is 0 Å². The zero-order valence-corrected chi connectivity index (χ0v) is 19.7. The zero-order valence-electron chi connectivity index (χ0n) is 18.9. The van der Waals surface area contributed by atoms with E-state index >= 15 is 0 Å². The summed E-state index contributed by atoms with van der Waals surface area (Å²) in [6.07, 6.45) is -11.6. The van der Waals surface area contributed by atoms with Gasteiger partial charge < -0.3 is 54.0 Å². The van der Waals surface area contributed by atoms with Crippen molar-refractivity contribution in [3.63, 3.8) is 0 Å². The molecule has 0 radical (unpaired) electrons. The van der Waals surface area contributed by atoms with Crippen LogP contribution in [-0.2, 0) is 23.7 Å². The molecule has 0 amide bonds. The first-order valence-electron chi connectivity index (χ1n) is 11.2. The van der Waals surface area contributed by atoms with Gasteiger partial charge in [-0.15, -0.1) is 11.8 Å². The van der Waals surface area contributed by atoms with Crippen LogP contribution in [0.2, 0.25) is 0 Å². The second-order valence-corrected chi connectivity index (χ2v) is 9.70. The zero-order chi connectivity index (χ0) is 24.4. The molecular formula is C22H32O11S. The fourth-order valence-electron chi connectivity index (χ4n) is 4.30. The number of thioether (sulfide) groups is 1. The number of rotatable bonds is 7. The lowest BCUT2D eigenvalue weighted by Gasteiger charge is -2.48. The largest absolute Gasteiger partial charge is 0.497 e. The fourth-order valence-corrected chi connectivity index (χ4v) is 5.21. The van der Waals surface area contributed by atoms with E-state index in [0.29, 0.717) is 17.1 Å². The summed E-state index contributed by atoms with van der Waals surface area (Å²) in [5, 5.41) is 52.2. The van der Waals surface area contributed by atoms with Crippen LogP contribution >= 0.6 is 11.8 Å². The summed E-state index contributed by atoms with van der Waals surface area (Å²) < 4.78 is 34.0. The molecule has 1 aromatic rings. The van der Waals surface area contributed by atoms with Crippen molar-refractivity contribution in [2.75, 3.05) is 26.1 Å². The molecule has 0 saturated carbocycles. The standard InChI is InChI=1S/C22H32O11S/c1-3-34-22-17(27)15(25)18(12(8-23)31-22)33-21-16(26)14(24)19-13(30-21)9-29-20(32-19)10-4-6-11(28-2)7-5-10/h4-7,12-27H,3,8-9H2,1-2H3/t12?,13?,14-,15-,16?,17?,18-,19-,20?,21-,22+/m1/s1. The maximum Gasteiger partial charge on any atom is 0.187 e. The number of aliphatic hydroxyl groups is 5. The number of benzene rings is 1. The smallest absolute Gasteiger partial charge is 0.187 e. The fraction of sp³-hybridized carbons (Fsp3) is 0.727. The number of hydrogen-bond acceptors (Lipinski definition) is 12. The molecule has 0 spiro atoms. The third kappa shape index (κ3) is 5.22. The molecule has 12 heteroatoms. The molecule has 3 aliphatic heterocycles. The predicted octanol–water partition coefficient (Wildman–Crippen LogP) is -0.867. The number of methoxy groups -OCH3 is 1. The molecule has 3 heterocycles. The van der Waals surface area contributed by atoms with Crippen molar-refractivity contribution in [2.45, 2.75) is 73.8 Å². The van der Waals surface area contributed by atoms with E-state index in [9.17, 15) is 25.5 Å². The molecule has 5 unspecified atom stereocenters. The van der Waals surface area contributed by atoms with E-state index in [1.165, 1.54) is 11.8 Å². The lowest BCUT2D eigenvalue weighted by atomic mass is 9.96. The number of aliphatic hydroxyl groups excluding tert-OH is 5. The Bertz CT molecular complexity index is 779. The average Bonchev–Trinajstić information content (AvgIpc) is 2.86. The Balaban J connectivity index is 1.42. The van der Waals surface area contributed by atoms with E-state index in [1.54, 1.807) is 31.4 Å². The Morgan fingerprint density at radius 3 is 2.35 bits per heavy atom. The molecule has 5 N–H and O–H groups in total. The summed E-state index contributed by atoms with van der Waals surface area (Å²) in [6, 6.07) is 7.07.